The van der Waals surface area contributed by atoms with Gasteiger partial charge in [-0.1, -0.05) is 42.5 Å². The zero-order chi connectivity index (χ0) is 21.7. The van der Waals surface area contributed by atoms with Gasteiger partial charge in [-0.3, -0.25) is 9.52 Å². The maximum absolute atomic E-state index is 12.9. The van der Waals surface area contributed by atoms with E-state index in [9.17, 15) is 18.0 Å². The molecule has 1 amide bonds. The highest BCUT2D eigenvalue weighted by Crippen LogP contribution is 2.27. The first-order chi connectivity index (χ1) is 14.3. The van der Waals surface area contributed by atoms with Gasteiger partial charge in [0, 0.05) is 0 Å². The molecule has 0 saturated heterocycles. The van der Waals surface area contributed by atoms with Gasteiger partial charge in [-0.15, -0.1) is 11.3 Å². The second-order valence-electron chi connectivity index (χ2n) is 6.36. The van der Waals surface area contributed by atoms with Gasteiger partial charge in [-0.05, 0) is 36.1 Å². The number of carbonyl (C=O) groups excluding carboxylic acids is 2. The van der Waals surface area contributed by atoms with Crippen molar-refractivity contribution >= 4 is 38.9 Å². The number of ether oxygens (including phenoxy) is 1. The summed E-state index contributed by atoms with van der Waals surface area (Å²) in [7, 11) is -2.93. The summed E-state index contributed by atoms with van der Waals surface area (Å²) in [5.74, 6) is -1.17. The predicted molar refractivity (Wildman–Crippen MR) is 115 cm³/mol. The van der Waals surface area contributed by atoms with Crippen LogP contribution in [-0.2, 0) is 14.8 Å². The number of rotatable bonds is 7. The molecule has 0 aliphatic carbocycles. The van der Waals surface area contributed by atoms with Crippen molar-refractivity contribution < 1.29 is 22.7 Å². The van der Waals surface area contributed by atoms with Crippen LogP contribution in [0.1, 0.15) is 38.6 Å². The molecule has 0 aliphatic heterocycles. The molecule has 7 nitrogen and oxygen atoms in total. The minimum absolute atomic E-state index is 0.0374. The molecule has 0 fully saturated rings. The lowest BCUT2D eigenvalue weighted by Crippen LogP contribution is -2.28. The SMILES string of the molecule is COC(=O)c1sccc1S(=O)(=O)Nc1ccccc1C(=O)NC(C)c1ccccc1. The van der Waals surface area contributed by atoms with Crippen LogP contribution in [0.5, 0.6) is 0 Å². The van der Waals surface area contributed by atoms with E-state index < -0.39 is 21.9 Å². The van der Waals surface area contributed by atoms with Crippen molar-refractivity contribution in [3.63, 3.8) is 0 Å². The molecule has 30 heavy (non-hydrogen) atoms. The van der Waals surface area contributed by atoms with Crippen molar-refractivity contribution in [3.8, 4) is 0 Å². The number of anilines is 1. The highest BCUT2D eigenvalue weighted by atomic mass is 32.2. The monoisotopic (exact) mass is 444 g/mol. The third-order valence-electron chi connectivity index (χ3n) is 4.35. The molecule has 1 aromatic heterocycles. The normalized spacial score (nSPS) is 12.1. The molecule has 9 heteroatoms. The van der Waals surface area contributed by atoms with Crippen molar-refractivity contribution in [2.24, 2.45) is 0 Å². The number of carbonyl (C=O) groups is 2. The zero-order valence-electron chi connectivity index (χ0n) is 16.3. The number of hydrogen-bond acceptors (Lipinski definition) is 6. The predicted octanol–water partition coefficient (Wildman–Crippen LogP) is 3.83. The Balaban J connectivity index is 1.86. The van der Waals surface area contributed by atoms with E-state index in [4.69, 9.17) is 0 Å². The maximum atomic E-state index is 12.9. The molecule has 1 atom stereocenters. The Morgan fingerprint density at radius 2 is 1.67 bits per heavy atom. The maximum Gasteiger partial charge on any atom is 0.349 e. The summed E-state index contributed by atoms with van der Waals surface area (Å²) in [6.45, 7) is 1.84. The Kier molecular flexibility index (Phi) is 6.53. The molecule has 1 unspecified atom stereocenters. The Hall–Kier alpha value is -3.17. The van der Waals surface area contributed by atoms with Crippen molar-refractivity contribution in [2.75, 3.05) is 11.8 Å². The zero-order valence-corrected chi connectivity index (χ0v) is 17.9. The number of amides is 1. The van der Waals surface area contributed by atoms with E-state index in [1.54, 1.807) is 12.1 Å². The molecule has 0 bridgehead atoms. The average Bonchev–Trinajstić information content (AvgIpc) is 3.25. The number of methoxy groups -OCH3 is 1. The number of para-hydroxylation sites is 1. The molecule has 2 aromatic carbocycles. The Bertz CT molecular complexity index is 1160. The van der Waals surface area contributed by atoms with E-state index in [1.165, 1.54) is 30.7 Å². The number of sulfonamides is 1. The Morgan fingerprint density at radius 3 is 2.37 bits per heavy atom. The lowest BCUT2D eigenvalue weighted by Gasteiger charge is -2.17. The van der Waals surface area contributed by atoms with Crippen LogP contribution in [0.4, 0.5) is 5.69 Å². The van der Waals surface area contributed by atoms with Gasteiger partial charge in [0.05, 0.1) is 24.4 Å². The first-order valence-electron chi connectivity index (χ1n) is 8.97. The van der Waals surface area contributed by atoms with Crippen molar-refractivity contribution in [1.82, 2.24) is 5.32 Å². The molecule has 156 valence electrons. The van der Waals surface area contributed by atoms with Crippen LogP contribution in [0.3, 0.4) is 0 Å². The second-order valence-corrected chi connectivity index (χ2v) is 8.93. The molecule has 0 aliphatic rings. The minimum atomic E-state index is -4.11. The van der Waals surface area contributed by atoms with Crippen molar-refractivity contribution in [3.05, 3.63) is 82.0 Å². The topological polar surface area (TPSA) is 102 Å². The largest absolute Gasteiger partial charge is 0.465 e. The van der Waals surface area contributed by atoms with Crippen LogP contribution in [0.25, 0.3) is 0 Å². The quantitative estimate of drug-likeness (QED) is 0.540. The summed E-state index contributed by atoms with van der Waals surface area (Å²) in [6.07, 6.45) is 0. The van der Waals surface area contributed by atoms with E-state index >= 15 is 0 Å². The molecule has 0 spiro atoms. The molecule has 2 N–H and O–H groups in total. The molecule has 0 radical (unpaired) electrons. The Morgan fingerprint density at radius 1 is 1.00 bits per heavy atom. The summed E-state index contributed by atoms with van der Waals surface area (Å²) >= 11 is 0.963. The second kappa shape index (κ2) is 9.10. The van der Waals surface area contributed by atoms with Crippen LogP contribution in [0.15, 0.2) is 70.9 Å². The number of esters is 1. The standard InChI is InChI=1S/C21H20N2O5S2/c1-14(15-8-4-3-5-9-15)22-20(24)16-10-6-7-11-17(16)23-30(26,27)18-12-13-29-19(18)21(25)28-2/h3-14,23H,1-2H3,(H,22,24). The van der Waals surface area contributed by atoms with Crippen LogP contribution < -0.4 is 10.0 Å². The number of nitrogens with one attached hydrogen (secondary N) is 2. The summed E-state index contributed by atoms with van der Waals surface area (Å²) in [5.41, 5.74) is 1.20. The number of hydrogen-bond donors (Lipinski definition) is 2. The molecule has 3 aromatic rings. The van der Waals surface area contributed by atoms with Gasteiger partial charge in [-0.2, -0.15) is 0 Å². The molecule has 3 rings (SSSR count). The lowest BCUT2D eigenvalue weighted by atomic mass is 10.1. The van der Waals surface area contributed by atoms with E-state index in [0.29, 0.717) is 0 Å². The van der Waals surface area contributed by atoms with Gasteiger partial charge in [0.2, 0.25) is 0 Å². The third kappa shape index (κ3) is 4.69. The van der Waals surface area contributed by atoms with E-state index in [-0.39, 0.29) is 27.1 Å². The highest BCUT2D eigenvalue weighted by Gasteiger charge is 2.26. The molecular formula is C21H20N2O5S2. The van der Waals surface area contributed by atoms with Gasteiger partial charge in [0.1, 0.15) is 9.77 Å². The Labute approximate surface area is 178 Å². The van der Waals surface area contributed by atoms with E-state index in [2.05, 4.69) is 14.8 Å². The fourth-order valence-corrected chi connectivity index (χ4v) is 5.24. The first-order valence-corrected chi connectivity index (χ1v) is 11.3. The molecule has 0 saturated carbocycles. The summed E-state index contributed by atoms with van der Waals surface area (Å²) in [4.78, 5) is 24.4. The summed E-state index contributed by atoms with van der Waals surface area (Å²) < 4.78 is 32.8. The van der Waals surface area contributed by atoms with Crippen LogP contribution in [-0.4, -0.2) is 27.4 Å². The first kappa shape index (κ1) is 21.5. The lowest BCUT2D eigenvalue weighted by molar-refractivity contribution is 0.0602. The number of thiophene rings is 1. The third-order valence-corrected chi connectivity index (χ3v) is 6.78. The van der Waals surface area contributed by atoms with Crippen LogP contribution >= 0.6 is 11.3 Å². The van der Waals surface area contributed by atoms with Crippen molar-refractivity contribution in [1.29, 1.82) is 0 Å². The van der Waals surface area contributed by atoms with Gasteiger partial charge < -0.3 is 10.1 Å². The van der Waals surface area contributed by atoms with Crippen molar-refractivity contribution in [2.45, 2.75) is 17.9 Å². The highest BCUT2D eigenvalue weighted by molar-refractivity contribution is 7.93. The average molecular weight is 445 g/mol. The van der Waals surface area contributed by atoms with Gasteiger partial charge in [-0.25, -0.2) is 13.2 Å². The summed E-state index contributed by atoms with van der Waals surface area (Å²) in [6, 6.07) is 16.7. The number of benzene rings is 2. The minimum Gasteiger partial charge on any atom is -0.465 e. The van der Waals surface area contributed by atoms with E-state index in [1.807, 2.05) is 37.3 Å². The molecule has 1 heterocycles. The van der Waals surface area contributed by atoms with Gasteiger partial charge in [0.15, 0.2) is 0 Å². The van der Waals surface area contributed by atoms with Crippen LogP contribution in [0, 0.1) is 0 Å². The van der Waals surface area contributed by atoms with Crippen LogP contribution in [0.2, 0.25) is 0 Å². The molecular weight excluding hydrogens is 424 g/mol. The summed E-state index contributed by atoms with van der Waals surface area (Å²) in [5, 5.41) is 4.35. The smallest absolute Gasteiger partial charge is 0.349 e. The fraction of sp³-hybridized carbons (Fsp3) is 0.143. The van der Waals surface area contributed by atoms with Gasteiger partial charge >= 0.3 is 5.97 Å². The fourth-order valence-electron chi connectivity index (χ4n) is 2.82. The van der Waals surface area contributed by atoms with Gasteiger partial charge in [0.25, 0.3) is 15.9 Å². The van der Waals surface area contributed by atoms with E-state index in [0.717, 1.165) is 16.9 Å².